The first-order valence-electron chi connectivity index (χ1n) is 9.92. The molecule has 1 fully saturated rings. The second-order valence-electron chi connectivity index (χ2n) is 7.36. The molecule has 0 atom stereocenters. The van der Waals surface area contributed by atoms with Crippen LogP contribution in [0.15, 0.2) is 23.2 Å². The van der Waals surface area contributed by atoms with Gasteiger partial charge in [-0.2, -0.15) is 0 Å². The van der Waals surface area contributed by atoms with Gasteiger partial charge in [-0.3, -0.25) is 4.99 Å². The van der Waals surface area contributed by atoms with E-state index >= 15 is 0 Å². The molecule has 0 spiro atoms. The highest BCUT2D eigenvalue weighted by Gasteiger charge is 2.15. The number of methoxy groups -OCH3 is 2. The molecule has 0 amide bonds. The Kier molecular flexibility index (Phi) is 11.6. The summed E-state index contributed by atoms with van der Waals surface area (Å²) < 4.78 is 10.7. The molecule has 1 aromatic rings. The number of rotatable bonds is 8. The summed E-state index contributed by atoms with van der Waals surface area (Å²) in [4.78, 5) is 9.15. The van der Waals surface area contributed by atoms with Gasteiger partial charge < -0.3 is 24.6 Å². The topological polar surface area (TPSA) is 49.3 Å². The van der Waals surface area contributed by atoms with Crippen molar-refractivity contribution in [3.63, 3.8) is 0 Å². The van der Waals surface area contributed by atoms with Crippen molar-refractivity contribution in [2.75, 3.05) is 61.0 Å². The van der Waals surface area contributed by atoms with Crippen LogP contribution in [0.5, 0.6) is 11.5 Å². The molecule has 0 bridgehead atoms. The Hall–Kier alpha value is -1.22. The lowest BCUT2D eigenvalue weighted by Crippen LogP contribution is -2.44. The monoisotopic (exact) mass is 504 g/mol. The average Bonchev–Trinajstić information content (AvgIpc) is 2.70. The fourth-order valence-electron chi connectivity index (χ4n) is 3.44. The van der Waals surface area contributed by atoms with E-state index in [9.17, 15) is 0 Å². The molecule has 160 valence electrons. The molecule has 0 radical (unpaired) electrons. The lowest BCUT2D eigenvalue weighted by atomic mass is 9.99. The number of guanidine groups is 1. The normalized spacial score (nSPS) is 15.7. The van der Waals surface area contributed by atoms with Crippen LogP contribution in [0, 0.1) is 5.92 Å². The number of benzene rings is 1. The quantitative estimate of drug-likeness (QED) is 0.335. The fourth-order valence-corrected chi connectivity index (χ4v) is 3.44. The first-order valence-corrected chi connectivity index (χ1v) is 9.92. The van der Waals surface area contributed by atoms with Gasteiger partial charge in [0.05, 0.1) is 14.2 Å². The van der Waals surface area contributed by atoms with Gasteiger partial charge in [-0.15, -0.1) is 24.0 Å². The number of halogens is 1. The summed E-state index contributed by atoms with van der Waals surface area (Å²) in [5.41, 5.74) is 1.22. The van der Waals surface area contributed by atoms with Gasteiger partial charge >= 0.3 is 0 Å². The number of nitrogens with zero attached hydrogens (tertiary/aromatic N) is 3. The van der Waals surface area contributed by atoms with E-state index in [1.54, 1.807) is 14.2 Å². The SMILES string of the molecule is CN=C(NCCN1CCC(C)CC1)N(C)CCc1ccc(OC)c(OC)c1.I. The van der Waals surface area contributed by atoms with Crippen LogP contribution in [0.25, 0.3) is 0 Å². The third kappa shape index (κ3) is 7.66. The molecule has 1 aliphatic rings. The molecule has 1 heterocycles. The van der Waals surface area contributed by atoms with Gasteiger partial charge in [-0.05, 0) is 56.0 Å². The van der Waals surface area contributed by atoms with Crippen molar-refractivity contribution in [2.24, 2.45) is 10.9 Å². The van der Waals surface area contributed by atoms with Crippen LogP contribution in [-0.4, -0.2) is 76.8 Å². The van der Waals surface area contributed by atoms with Crippen molar-refractivity contribution in [2.45, 2.75) is 26.2 Å². The van der Waals surface area contributed by atoms with Crippen molar-refractivity contribution in [3.05, 3.63) is 23.8 Å². The van der Waals surface area contributed by atoms with Gasteiger partial charge in [-0.25, -0.2) is 0 Å². The van der Waals surface area contributed by atoms with Crippen LogP contribution in [0.4, 0.5) is 0 Å². The summed E-state index contributed by atoms with van der Waals surface area (Å²) in [7, 11) is 7.25. The van der Waals surface area contributed by atoms with E-state index in [2.05, 4.69) is 40.1 Å². The summed E-state index contributed by atoms with van der Waals surface area (Å²) in [5, 5.41) is 3.49. The molecule has 1 saturated heterocycles. The number of piperidine rings is 1. The van der Waals surface area contributed by atoms with Gasteiger partial charge in [0, 0.05) is 33.7 Å². The van der Waals surface area contributed by atoms with Crippen LogP contribution in [0.3, 0.4) is 0 Å². The Bertz CT molecular complexity index is 604. The molecule has 7 heteroatoms. The van der Waals surface area contributed by atoms with E-state index in [-0.39, 0.29) is 24.0 Å². The van der Waals surface area contributed by atoms with Gasteiger partial charge in [-0.1, -0.05) is 13.0 Å². The maximum absolute atomic E-state index is 5.39. The molecule has 0 aliphatic carbocycles. The maximum atomic E-state index is 5.39. The molecule has 0 saturated carbocycles. The van der Waals surface area contributed by atoms with E-state index in [1.165, 1.54) is 31.5 Å². The molecule has 1 N–H and O–H groups in total. The second kappa shape index (κ2) is 13.1. The van der Waals surface area contributed by atoms with Crippen molar-refractivity contribution in [3.8, 4) is 11.5 Å². The van der Waals surface area contributed by atoms with Crippen LogP contribution in [-0.2, 0) is 6.42 Å². The van der Waals surface area contributed by atoms with E-state index in [0.717, 1.165) is 49.4 Å². The highest BCUT2D eigenvalue weighted by atomic mass is 127. The Balaban J connectivity index is 0.00000392. The largest absolute Gasteiger partial charge is 0.493 e. The Morgan fingerprint density at radius 3 is 2.50 bits per heavy atom. The minimum absolute atomic E-state index is 0. The van der Waals surface area contributed by atoms with E-state index in [0.29, 0.717) is 0 Å². The molecular formula is C21H37IN4O2. The molecule has 1 aliphatic heterocycles. The van der Waals surface area contributed by atoms with Crippen LogP contribution in [0.1, 0.15) is 25.3 Å². The first-order chi connectivity index (χ1) is 13.1. The van der Waals surface area contributed by atoms with E-state index in [4.69, 9.17) is 9.47 Å². The Labute approximate surface area is 187 Å². The lowest BCUT2D eigenvalue weighted by molar-refractivity contribution is 0.195. The highest BCUT2D eigenvalue weighted by molar-refractivity contribution is 14.0. The first kappa shape index (κ1) is 24.8. The van der Waals surface area contributed by atoms with Crippen molar-refractivity contribution in [1.82, 2.24) is 15.1 Å². The number of likely N-dealkylation sites (N-methyl/N-ethyl adjacent to an activating group) is 1. The molecule has 1 aromatic carbocycles. The highest BCUT2D eigenvalue weighted by Crippen LogP contribution is 2.27. The standard InChI is InChI=1S/C21H36N4O2.HI/c1-17-8-13-25(14-9-17)15-11-23-21(22-2)24(3)12-10-18-6-7-19(26-4)20(16-18)27-5;/h6-7,16-17H,8-15H2,1-5H3,(H,22,23);1H. The number of likely N-dealkylation sites (tertiary alicyclic amines) is 1. The fraction of sp³-hybridized carbons (Fsp3) is 0.667. The minimum Gasteiger partial charge on any atom is -0.493 e. The number of nitrogens with one attached hydrogen (secondary N) is 1. The summed E-state index contributed by atoms with van der Waals surface area (Å²) in [6.07, 6.45) is 3.56. The number of aliphatic imine (C=N–C) groups is 1. The number of ether oxygens (including phenoxy) is 2. The maximum Gasteiger partial charge on any atom is 0.193 e. The Morgan fingerprint density at radius 1 is 1.21 bits per heavy atom. The summed E-state index contributed by atoms with van der Waals surface area (Å²) in [5.74, 6) is 3.36. The van der Waals surface area contributed by atoms with Gasteiger partial charge in [0.15, 0.2) is 17.5 Å². The molecule has 28 heavy (non-hydrogen) atoms. The molecule has 0 unspecified atom stereocenters. The average molecular weight is 504 g/mol. The zero-order valence-corrected chi connectivity index (χ0v) is 20.4. The van der Waals surface area contributed by atoms with Gasteiger partial charge in [0.25, 0.3) is 0 Å². The van der Waals surface area contributed by atoms with Crippen molar-refractivity contribution < 1.29 is 9.47 Å². The van der Waals surface area contributed by atoms with Crippen LogP contribution in [0.2, 0.25) is 0 Å². The Morgan fingerprint density at radius 2 is 1.89 bits per heavy atom. The van der Waals surface area contributed by atoms with Gasteiger partial charge in [0.2, 0.25) is 0 Å². The van der Waals surface area contributed by atoms with E-state index in [1.807, 2.05) is 19.2 Å². The zero-order chi connectivity index (χ0) is 19.6. The predicted octanol–water partition coefficient (Wildman–Crippen LogP) is 3.10. The minimum atomic E-state index is 0. The molecule has 6 nitrogen and oxygen atoms in total. The summed E-state index contributed by atoms with van der Waals surface area (Å²) in [6, 6.07) is 6.09. The predicted molar refractivity (Wildman–Crippen MR) is 127 cm³/mol. The van der Waals surface area contributed by atoms with Crippen LogP contribution < -0.4 is 14.8 Å². The second-order valence-corrected chi connectivity index (χ2v) is 7.36. The number of hydrogen-bond donors (Lipinski definition) is 1. The van der Waals surface area contributed by atoms with E-state index < -0.39 is 0 Å². The summed E-state index contributed by atoms with van der Waals surface area (Å²) in [6.45, 7) is 7.69. The third-order valence-electron chi connectivity index (χ3n) is 5.34. The van der Waals surface area contributed by atoms with Crippen molar-refractivity contribution >= 4 is 29.9 Å². The van der Waals surface area contributed by atoms with Crippen LogP contribution >= 0.6 is 24.0 Å². The number of hydrogen-bond acceptors (Lipinski definition) is 4. The smallest absolute Gasteiger partial charge is 0.193 e. The molecule has 0 aromatic heterocycles. The van der Waals surface area contributed by atoms with Crippen molar-refractivity contribution in [1.29, 1.82) is 0 Å². The molecule has 2 rings (SSSR count). The third-order valence-corrected chi connectivity index (χ3v) is 5.34. The lowest BCUT2D eigenvalue weighted by Gasteiger charge is -2.30. The molecular weight excluding hydrogens is 467 g/mol. The zero-order valence-electron chi connectivity index (χ0n) is 18.0. The summed E-state index contributed by atoms with van der Waals surface area (Å²) >= 11 is 0. The van der Waals surface area contributed by atoms with Gasteiger partial charge in [0.1, 0.15) is 0 Å².